The Labute approximate surface area is 133 Å². The molecule has 3 N–H and O–H groups in total. The van der Waals surface area contributed by atoms with Gasteiger partial charge in [-0.1, -0.05) is 56.0 Å². The van der Waals surface area contributed by atoms with Gasteiger partial charge in [-0.25, -0.2) is 4.79 Å². The fraction of sp³-hybridized carbons (Fsp3) is 0.611. The van der Waals surface area contributed by atoms with E-state index < -0.39 is 0 Å². The molecule has 4 nitrogen and oxygen atoms in total. The average molecular weight is 304 g/mol. The zero-order chi connectivity index (χ0) is 15.6. The Kier molecular flexibility index (Phi) is 7.23. The van der Waals surface area contributed by atoms with Crippen LogP contribution in [0.2, 0.25) is 0 Å². The largest absolute Gasteiger partial charge is 0.396 e. The smallest absolute Gasteiger partial charge is 0.315 e. The van der Waals surface area contributed by atoms with Gasteiger partial charge in [0.2, 0.25) is 0 Å². The third-order valence-electron chi connectivity index (χ3n) is 4.35. The lowest BCUT2D eigenvalue weighted by atomic mass is 10.0. The zero-order valence-electron chi connectivity index (χ0n) is 13.3. The van der Waals surface area contributed by atoms with E-state index >= 15 is 0 Å². The minimum absolute atomic E-state index is 0.0425. The summed E-state index contributed by atoms with van der Waals surface area (Å²) in [5.74, 6) is 0. The topological polar surface area (TPSA) is 61.4 Å². The van der Waals surface area contributed by atoms with E-state index in [-0.39, 0.29) is 18.7 Å². The van der Waals surface area contributed by atoms with E-state index in [1.165, 1.54) is 25.7 Å². The number of benzene rings is 1. The summed E-state index contributed by atoms with van der Waals surface area (Å²) in [4.78, 5) is 12.3. The Balaban J connectivity index is 1.89. The third kappa shape index (κ3) is 5.68. The predicted octanol–water partition coefficient (Wildman–Crippen LogP) is 3.52. The number of carbonyl (C=O) groups is 1. The summed E-state index contributed by atoms with van der Waals surface area (Å²) in [5, 5.41) is 15.3. The van der Waals surface area contributed by atoms with Gasteiger partial charge in [0.1, 0.15) is 0 Å². The van der Waals surface area contributed by atoms with Crippen molar-refractivity contribution in [2.45, 2.75) is 63.5 Å². The lowest BCUT2D eigenvalue weighted by molar-refractivity contribution is 0.228. The van der Waals surface area contributed by atoms with Crippen LogP contribution in [0.4, 0.5) is 4.79 Å². The summed E-state index contributed by atoms with van der Waals surface area (Å²) in [5.41, 5.74) is 1.09. The van der Waals surface area contributed by atoms with Gasteiger partial charge in [-0.05, 0) is 31.2 Å². The summed E-state index contributed by atoms with van der Waals surface area (Å²) in [6.07, 6.45) is 8.57. The molecule has 0 heterocycles. The number of amides is 2. The molecule has 0 bridgehead atoms. The Hall–Kier alpha value is -1.55. The highest BCUT2D eigenvalue weighted by atomic mass is 16.3. The van der Waals surface area contributed by atoms with E-state index in [2.05, 4.69) is 10.6 Å². The van der Waals surface area contributed by atoms with Crippen LogP contribution in [0.25, 0.3) is 0 Å². The van der Waals surface area contributed by atoms with Gasteiger partial charge in [0.25, 0.3) is 0 Å². The van der Waals surface area contributed by atoms with Crippen molar-refractivity contribution >= 4 is 6.03 Å². The minimum atomic E-state index is -0.0845. The minimum Gasteiger partial charge on any atom is -0.396 e. The number of rotatable bonds is 6. The van der Waals surface area contributed by atoms with Crippen LogP contribution in [0.3, 0.4) is 0 Å². The first kappa shape index (κ1) is 16.8. The highest BCUT2D eigenvalue weighted by Gasteiger charge is 2.18. The Morgan fingerprint density at radius 2 is 1.82 bits per heavy atom. The Bertz CT molecular complexity index is 428. The molecular formula is C18H28N2O2. The first-order chi connectivity index (χ1) is 10.8. The van der Waals surface area contributed by atoms with Gasteiger partial charge in [-0.3, -0.25) is 0 Å². The van der Waals surface area contributed by atoms with E-state index in [9.17, 15) is 4.79 Å². The van der Waals surface area contributed by atoms with Gasteiger partial charge in [-0.15, -0.1) is 0 Å². The number of carbonyl (C=O) groups excluding carboxylic acids is 1. The number of nitrogens with one attached hydrogen (secondary N) is 2. The van der Waals surface area contributed by atoms with Crippen molar-refractivity contribution in [1.82, 2.24) is 10.6 Å². The molecule has 0 radical (unpaired) electrons. The molecule has 1 fully saturated rings. The molecular weight excluding hydrogens is 276 g/mol. The molecule has 1 aliphatic rings. The van der Waals surface area contributed by atoms with Crippen molar-refractivity contribution in [3.8, 4) is 0 Å². The van der Waals surface area contributed by atoms with Crippen LogP contribution in [-0.2, 0) is 0 Å². The average Bonchev–Trinajstić information content (AvgIpc) is 2.81. The van der Waals surface area contributed by atoms with Crippen LogP contribution in [0, 0.1) is 0 Å². The molecule has 1 unspecified atom stereocenters. The number of hydrogen-bond donors (Lipinski definition) is 3. The van der Waals surface area contributed by atoms with Crippen molar-refractivity contribution in [3.05, 3.63) is 35.9 Å². The second-order valence-corrected chi connectivity index (χ2v) is 6.14. The molecule has 0 aliphatic heterocycles. The van der Waals surface area contributed by atoms with E-state index in [1.54, 1.807) is 0 Å². The van der Waals surface area contributed by atoms with Gasteiger partial charge in [-0.2, -0.15) is 0 Å². The fourth-order valence-corrected chi connectivity index (χ4v) is 3.11. The SMILES string of the molecule is O=C(NC1CCCCCC1)NC(CCCO)c1ccccc1. The lowest BCUT2D eigenvalue weighted by Gasteiger charge is -2.22. The first-order valence-corrected chi connectivity index (χ1v) is 8.52. The Morgan fingerprint density at radius 3 is 2.45 bits per heavy atom. The summed E-state index contributed by atoms with van der Waals surface area (Å²) in [6.45, 7) is 0.148. The molecule has 122 valence electrons. The molecule has 4 heteroatoms. The molecule has 1 aromatic carbocycles. The van der Waals surface area contributed by atoms with Gasteiger partial charge < -0.3 is 15.7 Å². The standard InChI is InChI=1S/C18H28N2O2/c21-14-8-13-17(15-9-4-3-5-10-15)20-18(22)19-16-11-6-1-2-7-12-16/h3-5,9-10,16-17,21H,1-2,6-8,11-14H2,(H2,19,20,22). The maximum atomic E-state index is 12.3. The third-order valence-corrected chi connectivity index (χ3v) is 4.35. The molecule has 1 saturated carbocycles. The van der Waals surface area contributed by atoms with Gasteiger partial charge in [0, 0.05) is 12.6 Å². The predicted molar refractivity (Wildman–Crippen MR) is 88.7 cm³/mol. The summed E-state index contributed by atoms with van der Waals surface area (Å²) in [6, 6.07) is 10.1. The fourth-order valence-electron chi connectivity index (χ4n) is 3.11. The molecule has 1 atom stereocenters. The second-order valence-electron chi connectivity index (χ2n) is 6.14. The number of hydrogen-bond acceptors (Lipinski definition) is 2. The van der Waals surface area contributed by atoms with Crippen molar-refractivity contribution in [2.75, 3.05) is 6.61 Å². The monoisotopic (exact) mass is 304 g/mol. The molecule has 0 spiro atoms. The molecule has 0 aromatic heterocycles. The second kappa shape index (κ2) is 9.46. The summed E-state index contributed by atoms with van der Waals surface area (Å²) >= 11 is 0. The molecule has 2 amide bonds. The van der Waals surface area contributed by atoms with Crippen LogP contribution in [0.1, 0.15) is 63.0 Å². The van der Waals surface area contributed by atoms with E-state index in [1.807, 2.05) is 30.3 Å². The quantitative estimate of drug-likeness (QED) is 0.704. The summed E-state index contributed by atoms with van der Waals surface area (Å²) < 4.78 is 0. The normalized spacial score (nSPS) is 17.5. The van der Waals surface area contributed by atoms with E-state index in [0.29, 0.717) is 12.5 Å². The van der Waals surface area contributed by atoms with Gasteiger partial charge in [0.15, 0.2) is 0 Å². The summed E-state index contributed by atoms with van der Waals surface area (Å²) in [7, 11) is 0. The highest BCUT2D eigenvalue weighted by Crippen LogP contribution is 2.19. The number of aliphatic hydroxyl groups is 1. The maximum absolute atomic E-state index is 12.3. The Morgan fingerprint density at radius 1 is 1.14 bits per heavy atom. The highest BCUT2D eigenvalue weighted by molar-refractivity contribution is 5.74. The van der Waals surface area contributed by atoms with E-state index in [4.69, 9.17) is 5.11 Å². The van der Waals surface area contributed by atoms with Crippen molar-refractivity contribution in [3.63, 3.8) is 0 Å². The zero-order valence-corrected chi connectivity index (χ0v) is 13.3. The molecule has 22 heavy (non-hydrogen) atoms. The van der Waals surface area contributed by atoms with Gasteiger partial charge >= 0.3 is 6.03 Å². The first-order valence-electron chi connectivity index (χ1n) is 8.52. The van der Waals surface area contributed by atoms with E-state index in [0.717, 1.165) is 24.8 Å². The van der Waals surface area contributed by atoms with Crippen molar-refractivity contribution in [1.29, 1.82) is 0 Å². The molecule has 0 saturated heterocycles. The number of aliphatic hydroxyl groups excluding tert-OH is 1. The number of urea groups is 1. The van der Waals surface area contributed by atoms with Gasteiger partial charge in [0.05, 0.1) is 6.04 Å². The lowest BCUT2D eigenvalue weighted by Crippen LogP contribution is -2.43. The van der Waals surface area contributed by atoms with Crippen LogP contribution in [-0.4, -0.2) is 23.8 Å². The maximum Gasteiger partial charge on any atom is 0.315 e. The van der Waals surface area contributed by atoms with Crippen molar-refractivity contribution < 1.29 is 9.90 Å². The van der Waals surface area contributed by atoms with Crippen molar-refractivity contribution in [2.24, 2.45) is 0 Å². The van der Waals surface area contributed by atoms with Crippen LogP contribution in [0.15, 0.2) is 30.3 Å². The molecule has 1 aromatic rings. The van der Waals surface area contributed by atoms with Crippen LogP contribution in [0.5, 0.6) is 0 Å². The van der Waals surface area contributed by atoms with Crippen LogP contribution >= 0.6 is 0 Å². The molecule has 1 aliphatic carbocycles. The molecule has 2 rings (SSSR count). The van der Waals surface area contributed by atoms with Crippen LogP contribution < -0.4 is 10.6 Å².